The maximum Gasteiger partial charge on any atom is 0.234 e. The fourth-order valence-corrected chi connectivity index (χ4v) is 2.47. The number of rotatable bonds is 6. The second-order valence-corrected chi connectivity index (χ2v) is 5.07. The minimum atomic E-state index is -0.181. The lowest BCUT2D eigenvalue weighted by atomic mass is 10.1. The van der Waals surface area contributed by atoms with E-state index in [-0.39, 0.29) is 11.7 Å². The highest BCUT2D eigenvalue weighted by atomic mass is 19.1. The standard InChI is InChI=1S/C15H21FN2O/c16-14-8-4-1-5-12(14)9-10-17-11-15(19)18-13-6-2-3-7-13/h1,4-5,8,13,17H,2-3,6-7,9-11H2,(H,18,19). The van der Waals surface area contributed by atoms with E-state index in [0.717, 1.165) is 12.8 Å². The van der Waals surface area contributed by atoms with Gasteiger partial charge in [-0.3, -0.25) is 4.79 Å². The smallest absolute Gasteiger partial charge is 0.234 e. The van der Waals surface area contributed by atoms with Gasteiger partial charge in [0.15, 0.2) is 0 Å². The van der Waals surface area contributed by atoms with Crippen molar-refractivity contribution >= 4 is 5.91 Å². The summed E-state index contributed by atoms with van der Waals surface area (Å²) in [4.78, 5) is 11.6. The second-order valence-electron chi connectivity index (χ2n) is 5.07. The van der Waals surface area contributed by atoms with Crippen LogP contribution >= 0.6 is 0 Å². The van der Waals surface area contributed by atoms with Crippen molar-refractivity contribution in [2.45, 2.75) is 38.1 Å². The molecule has 2 N–H and O–H groups in total. The summed E-state index contributed by atoms with van der Waals surface area (Å²) in [5.41, 5.74) is 0.686. The summed E-state index contributed by atoms with van der Waals surface area (Å²) >= 11 is 0. The third-order valence-electron chi connectivity index (χ3n) is 3.53. The van der Waals surface area contributed by atoms with E-state index in [1.165, 1.54) is 18.9 Å². The zero-order valence-corrected chi connectivity index (χ0v) is 11.1. The fourth-order valence-electron chi connectivity index (χ4n) is 2.47. The normalized spacial score (nSPS) is 15.6. The topological polar surface area (TPSA) is 41.1 Å². The Labute approximate surface area is 113 Å². The Hall–Kier alpha value is -1.42. The fraction of sp³-hybridized carbons (Fsp3) is 0.533. The molecule has 1 fully saturated rings. The first-order valence-electron chi connectivity index (χ1n) is 6.99. The molecule has 4 heteroatoms. The molecule has 2 rings (SSSR count). The number of carbonyl (C=O) groups excluding carboxylic acids is 1. The number of hydrogen-bond acceptors (Lipinski definition) is 2. The van der Waals surface area contributed by atoms with Crippen molar-refractivity contribution < 1.29 is 9.18 Å². The van der Waals surface area contributed by atoms with Crippen molar-refractivity contribution in [3.8, 4) is 0 Å². The molecule has 19 heavy (non-hydrogen) atoms. The Morgan fingerprint density at radius 2 is 2.00 bits per heavy atom. The van der Waals surface area contributed by atoms with Crippen molar-refractivity contribution in [3.05, 3.63) is 35.6 Å². The molecule has 0 aliphatic heterocycles. The van der Waals surface area contributed by atoms with Crippen LogP contribution in [-0.4, -0.2) is 25.0 Å². The summed E-state index contributed by atoms with van der Waals surface area (Å²) in [6.07, 6.45) is 5.22. The SMILES string of the molecule is O=C(CNCCc1ccccc1F)NC1CCCC1. The van der Waals surface area contributed by atoms with Gasteiger partial charge in [0.25, 0.3) is 0 Å². The molecule has 0 saturated heterocycles. The molecule has 0 heterocycles. The van der Waals surface area contributed by atoms with E-state index in [4.69, 9.17) is 0 Å². The summed E-state index contributed by atoms with van der Waals surface area (Å²) in [7, 11) is 0. The van der Waals surface area contributed by atoms with Gasteiger partial charge in [0.1, 0.15) is 5.82 Å². The van der Waals surface area contributed by atoms with E-state index in [2.05, 4.69) is 10.6 Å². The Kier molecular flexibility index (Phi) is 5.33. The predicted molar refractivity (Wildman–Crippen MR) is 73.4 cm³/mol. The van der Waals surface area contributed by atoms with Crippen molar-refractivity contribution in [1.29, 1.82) is 0 Å². The molecule has 1 aliphatic carbocycles. The monoisotopic (exact) mass is 264 g/mol. The van der Waals surface area contributed by atoms with E-state index in [1.54, 1.807) is 12.1 Å². The van der Waals surface area contributed by atoms with Gasteiger partial charge in [-0.1, -0.05) is 31.0 Å². The Morgan fingerprint density at radius 3 is 2.74 bits per heavy atom. The van der Waals surface area contributed by atoms with Crippen molar-refractivity contribution in [1.82, 2.24) is 10.6 Å². The minimum Gasteiger partial charge on any atom is -0.352 e. The zero-order valence-electron chi connectivity index (χ0n) is 11.1. The number of halogens is 1. The molecule has 104 valence electrons. The molecule has 1 amide bonds. The maximum atomic E-state index is 13.3. The van der Waals surface area contributed by atoms with Crippen molar-refractivity contribution in [3.63, 3.8) is 0 Å². The number of nitrogens with one attached hydrogen (secondary N) is 2. The molecule has 3 nitrogen and oxygen atoms in total. The Morgan fingerprint density at radius 1 is 1.26 bits per heavy atom. The summed E-state index contributed by atoms with van der Waals surface area (Å²) in [6, 6.07) is 7.10. The average molecular weight is 264 g/mol. The van der Waals surface area contributed by atoms with E-state index < -0.39 is 0 Å². The van der Waals surface area contributed by atoms with Crippen LogP contribution in [0.3, 0.4) is 0 Å². The van der Waals surface area contributed by atoms with Crippen LogP contribution in [0.5, 0.6) is 0 Å². The molecule has 0 aromatic heterocycles. The number of amides is 1. The Bertz CT molecular complexity index is 416. The van der Waals surface area contributed by atoms with Crippen LogP contribution in [-0.2, 0) is 11.2 Å². The first-order valence-corrected chi connectivity index (χ1v) is 6.99. The molecule has 0 unspecified atom stereocenters. The van der Waals surface area contributed by atoms with E-state index in [1.807, 2.05) is 6.07 Å². The zero-order chi connectivity index (χ0) is 13.5. The summed E-state index contributed by atoms with van der Waals surface area (Å²) < 4.78 is 13.3. The molecular formula is C15H21FN2O. The van der Waals surface area contributed by atoms with E-state index >= 15 is 0 Å². The lowest BCUT2D eigenvalue weighted by molar-refractivity contribution is -0.120. The highest BCUT2D eigenvalue weighted by molar-refractivity contribution is 5.78. The average Bonchev–Trinajstić information content (AvgIpc) is 2.89. The molecular weight excluding hydrogens is 243 g/mol. The van der Waals surface area contributed by atoms with Crippen LogP contribution in [0.15, 0.2) is 24.3 Å². The van der Waals surface area contributed by atoms with Crippen molar-refractivity contribution in [2.24, 2.45) is 0 Å². The summed E-state index contributed by atoms with van der Waals surface area (Å²) in [5.74, 6) is -0.139. The molecule has 1 aliphatic rings. The lowest BCUT2D eigenvalue weighted by Crippen LogP contribution is -2.39. The molecule has 1 aromatic carbocycles. The lowest BCUT2D eigenvalue weighted by Gasteiger charge is -2.12. The highest BCUT2D eigenvalue weighted by Gasteiger charge is 2.16. The summed E-state index contributed by atoms with van der Waals surface area (Å²) in [6.45, 7) is 0.921. The van der Waals surface area contributed by atoms with Gasteiger partial charge in [-0.2, -0.15) is 0 Å². The van der Waals surface area contributed by atoms with Crippen LogP contribution < -0.4 is 10.6 Å². The number of benzene rings is 1. The third kappa shape index (κ3) is 4.63. The molecule has 0 radical (unpaired) electrons. The van der Waals surface area contributed by atoms with Gasteiger partial charge in [-0.25, -0.2) is 4.39 Å². The molecule has 1 aromatic rings. The summed E-state index contributed by atoms with van der Waals surface area (Å²) in [5, 5.41) is 6.07. The molecule has 0 bridgehead atoms. The van der Waals surface area contributed by atoms with Crippen LogP contribution in [0.25, 0.3) is 0 Å². The van der Waals surface area contributed by atoms with Gasteiger partial charge in [-0.15, -0.1) is 0 Å². The van der Waals surface area contributed by atoms with Gasteiger partial charge in [-0.05, 0) is 37.4 Å². The van der Waals surface area contributed by atoms with Crippen LogP contribution in [0, 0.1) is 5.82 Å². The maximum absolute atomic E-state index is 13.3. The number of carbonyl (C=O) groups is 1. The minimum absolute atomic E-state index is 0.0421. The van der Waals surface area contributed by atoms with Gasteiger partial charge >= 0.3 is 0 Å². The van der Waals surface area contributed by atoms with Gasteiger partial charge in [0, 0.05) is 6.04 Å². The molecule has 0 atom stereocenters. The van der Waals surface area contributed by atoms with Gasteiger partial charge < -0.3 is 10.6 Å². The first-order chi connectivity index (χ1) is 9.25. The first kappa shape index (κ1) is 14.0. The third-order valence-corrected chi connectivity index (χ3v) is 3.53. The van der Waals surface area contributed by atoms with Crippen LogP contribution in [0.2, 0.25) is 0 Å². The van der Waals surface area contributed by atoms with Crippen LogP contribution in [0.4, 0.5) is 4.39 Å². The number of hydrogen-bond donors (Lipinski definition) is 2. The van der Waals surface area contributed by atoms with Crippen molar-refractivity contribution in [2.75, 3.05) is 13.1 Å². The predicted octanol–water partition coefficient (Wildman–Crippen LogP) is 2.02. The van der Waals surface area contributed by atoms with Crippen LogP contribution in [0.1, 0.15) is 31.2 Å². The molecule has 0 spiro atoms. The quantitative estimate of drug-likeness (QED) is 0.772. The Balaban J connectivity index is 1.61. The van der Waals surface area contributed by atoms with E-state index in [0.29, 0.717) is 31.1 Å². The van der Waals surface area contributed by atoms with Gasteiger partial charge in [0.2, 0.25) is 5.91 Å². The highest BCUT2D eigenvalue weighted by Crippen LogP contribution is 2.17. The van der Waals surface area contributed by atoms with Gasteiger partial charge in [0.05, 0.1) is 6.54 Å². The van der Waals surface area contributed by atoms with E-state index in [9.17, 15) is 9.18 Å². The largest absolute Gasteiger partial charge is 0.352 e. The second kappa shape index (κ2) is 7.24. The molecule has 1 saturated carbocycles.